The molecule has 0 aromatic carbocycles. The van der Waals surface area contributed by atoms with E-state index in [1.165, 1.54) is 0 Å². The second kappa shape index (κ2) is 5.49. The molecule has 1 atom stereocenters. The molecule has 1 fully saturated rings. The van der Waals surface area contributed by atoms with Crippen molar-refractivity contribution in [1.29, 1.82) is 0 Å². The van der Waals surface area contributed by atoms with Crippen LogP contribution in [-0.2, 0) is 9.59 Å². The van der Waals surface area contributed by atoms with Crippen LogP contribution in [0.25, 0.3) is 0 Å². The first-order valence-corrected chi connectivity index (χ1v) is 6.20. The van der Waals surface area contributed by atoms with Crippen LogP contribution < -0.4 is 5.43 Å². The lowest BCUT2D eigenvalue weighted by Gasteiger charge is -2.32. The van der Waals surface area contributed by atoms with Gasteiger partial charge < -0.3 is 4.90 Å². The average molecular weight is 241 g/mol. The summed E-state index contributed by atoms with van der Waals surface area (Å²) in [5, 5.41) is 1.72. The Bertz CT molecular complexity index is 294. The summed E-state index contributed by atoms with van der Waals surface area (Å²) in [5.41, 5.74) is 2.71. The molecular formula is C12H23N3O2. The summed E-state index contributed by atoms with van der Waals surface area (Å²) in [7, 11) is 0. The summed E-state index contributed by atoms with van der Waals surface area (Å²) in [4.78, 5) is 25.2. The van der Waals surface area contributed by atoms with Crippen molar-refractivity contribution in [1.82, 2.24) is 15.3 Å². The fourth-order valence-corrected chi connectivity index (χ4v) is 2.29. The van der Waals surface area contributed by atoms with Gasteiger partial charge in [0.15, 0.2) is 0 Å². The van der Waals surface area contributed by atoms with Crippen molar-refractivity contribution >= 4 is 11.8 Å². The minimum atomic E-state index is -0.00839. The predicted molar refractivity (Wildman–Crippen MR) is 66.0 cm³/mol. The number of carbonyl (C=O) groups is 2. The number of amides is 2. The lowest BCUT2D eigenvalue weighted by Crippen LogP contribution is -2.50. The molecule has 5 nitrogen and oxygen atoms in total. The summed E-state index contributed by atoms with van der Waals surface area (Å²) >= 11 is 0. The molecule has 2 amide bonds. The fourth-order valence-electron chi connectivity index (χ4n) is 2.29. The topological polar surface area (TPSA) is 52.7 Å². The molecule has 0 aromatic rings. The van der Waals surface area contributed by atoms with Gasteiger partial charge in [0.05, 0.1) is 6.54 Å². The number of hydrogen-bond acceptors (Lipinski definition) is 3. The molecule has 98 valence electrons. The van der Waals surface area contributed by atoms with Gasteiger partial charge in [0.1, 0.15) is 0 Å². The molecule has 1 heterocycles. The highest BCUT2D eigenvalue weighted by Gasteiger charge is 2.30. The van der Waals surface area contributed by atoms with Crippen molar-refractivity contribution in [3.63, 3.8) is 0 Å². The van der Waals surface area contributed by atoms with E-state index in [0.717, 1.165) is 0 Å². The molecule has 0 aliphatic carbocycles. The average Bonchev–Trinajstić information content (AvgIpc) is 2.43. The van der Waals surface area contributed by atoms with Crippen LogP contribution in [0.3, 0.4) is 0 Å². The van der Waals surface area contributed by atoms with Crippen LogP contribution in [-0.4, -0.2) is 46.4 Å². The molecule has 1 saturated heterocycles. The van der Waals surface area contributed by atoms with Gasteiger partial charge in [0.25, 0.3) is 0 Å². The summed E-state index contributed by atoms with van der Waals surface area (Å²) in [6.07, 6.45) is 0.469. The van der Waals surface area contributed by atoms with Gasteiger partial charge in [-0.3, -0.25) is 15.0 Å². The molecule has 0 aromatic heterocycles. The minimum absolute atomic E-state index is 0.00839. The number of carbonyl (C=O) groups excluding carboxylic acids is 2. The zero-order chi connectivity index (χ0) is 13.2. The summed E-state index contributed by atoms with van der Waals surface area (Å²) in [5.74, 6) is 0.0509. The molecule has 1 rings (SSSR count). The SMILES string of the molecule is CC1CC(=O)NN1CC(=O)N(C(C)C)C(C)C. The van der Waals surface area contributed by atoms with Crippen molar-refractivity contribution in [2.24, 2.45) is 0 Å². The lowest BCUT2D eigenvalue weighted by atomic mass is 10.2. The highest BCUT2D eigenvalue weighted by atomic mass is 16.2. The van der Waals surface area contributed by atoms with Gasteiger partial charge in [-0.1, -0.05) is 0 Å². The van der Waals surface area contributed by atoms with E-state index in [1.807, 2.05) is 39.5 Å². The van der Waals surface area contributed by atoms with Crippen molar-refractivity contribution in [3.05, 3.63) is 0 Å². The number of hydrogen-bond donors (Lipinski definition) is 1. The van der Waals surface area contributed by atoms with E-state index in [2.05, 4.69) is 5.43 Å². The second-order valence-electron chi connectivity index (χ2n) is 5.20. The van der Waals surface area contributed by atoms with Crippen LogP contribution in [0.15, 0.2) is 0 Å². The van der Waals surface area contributed by atoms with Crippen LogP contribution in [0.5, 0.6) is 0 Å². The highest BCUT2D eigenvalue weighted by Crippen LogP contribution is 2.11. The Labute approximate surface area is 103 Å². The van der Waals surface area contributed by atoms with Crippen LogP contribution in [0.2, 0.25) is 0 Å². The third-order valence-corrected chi connectivity index (χ3v) is 2.99. The van der Waals surface area contributed by atoms with Gasteiger partial charge in [0, 0.05) is 24.5 Å². The van der Waals surface area contributed by atoms with Crippen LogP contribution >= 0.6 is 0 Å². The Morgan fingerprint density at radius 1 is 1.41 bits per heavy atom. The Morgan fingerprint density at radius 3 is 2.29 bits per heavy atom. The maximum absolute atomic E-state index is 12.2. The van der Waals surface area contributed by atoms with E-state index in [-0.39, 0.29) is 36.5 Å². The number of nitrogens with zero attached hydrogens (tertiary/aromatic N) is 2. The standard InChI is InChI=1S/C12H23N3O2/c1-8(2)15(9(3)4)12(17)7-14-10(5)6-11(16)13-14/h8-10H,6-7H2,1-5H3,(H,13,16). The van der Waals surface area contributed by atoms with E-state index in [1.54, 1.807) is 5.01 Å². The summed E-state index contributed by atoms with van der Waals surface area (Å²) in [6, 6.07) is 0.444. The molecular weight excluding hydrogens is 218 g/mol. The van der Waals surface area contributed by atoms with E-state index < -0.39 is 0 Å². The molecule has 5 heteroatoms. The lowest BCUT2D eigenvalue weighted by molar-refractivity contribution is -0.137. The van der Waals surface area contributed by atoms with Crippen molar-refractivity contribution < 1.29 is 9.59 Å². The number of nitrogens with one attached hydrogen (secondary N) is 1. The normalized spacial score (nSPS) is 21.1. The monoisotopic (exact) mass is 241 g/mol. The Balaban J connectivity index is 2.61. The zero-order valence-electron chi connectivity index (χ0n) is 11.4. The maximum atomic E-state index is 12.2. The van der Waals surface area contributed by atoms with E-state index in [4.69, 9.17) is 0 Å². The summed E-state index contributed by atoms with van der Waals surface area (Å²) in [6.45, 7) is 10.2. The second-order valence-corrected chi connectivity index (χ2v) is 5.20. The van der Waals surface area contributed by atoms with E-state index >= 15 is 0 Å². The largest absolute Gasteiger partial charge is 0.337 e. The van der Waals surface area contributed by atoms with Crippen LogP contribution in [0, 0.1) is 0 Å². The molecule has 0 radical (unpaired) electrons. The third-order valence-electron chi connectivity index (χ3n) is 2.99. The Morgan fingerprint density at radius 2 is 1.94 bits per heavy atom. The highest BCUT2D eigenvalue weighted by molar-refractivity contribution is 5.82. The summed E-state index contributed by atoms with van der Waals surface area (Å²) < 4.78 is 0. The molecule has 1 aliphatic heterocycles. The molecule has 17 heavy (non-hydrogen) atoms. The van der Waals surface area contributed by atoms with E-state index in [9.17, 15) is 9.59 Å². The molecule has 1 N–H and O–H groups in total. The number of hydrazine groups is 1. The van der Waals surface area contributed by atoms with Gasteiger partial charge in [-0.15, -0.1) is 0 Å². The first kappa shape index (κ1) is 14.0. The Kier molecular flexibility index (Phi) is 4.51. The fraction of sp³-hybridized carbons (Fsp3) is 0.833. The van der Waals surface area contributed by atoms with Crippen molar-refractivity contribution in [2.75, 3.05) is 6.54 Å². The first-order valence-electron chi connectivity index (χ1n) is 6.20. The van der Waals surface area contributed by atoms with Gasteiger partial charge in [0.2, 0.25) is 11.8 Å². The zero-order valence-corrected chi connectivity index (χ0v) is 11.4. The van der Waals surface area contributed by atoms with Gasteiger partial charge >= 0.3 is 0 Å². The van der Waals surface area contributed by atoms with Crippen LogP contribution in [0.4, 0.5) is 0 Å². The Hall–Kier alpha value is -1.10. The van der Waals surface area contributed by atoms with E-state index in [0.29, 0.717) is 6.42 Å². The van der Waals surface area contributed by atoms with Gasteiger partial charge in [-0.05, 0) is 34.6 Å². The van der Waals surface area contributed by atoms with Gasteiger partial charge in [-0.25, -0.2) is 5.01 Å². The molecule has 0 spiro atoms. The third kappa shape index (κ3) is 3.43. The van der Waals surface area contributed by atoms with Gasteiger partial charge in [-0.2, -0.15) is 0 Å². The molecule has 1 unspecified atom stereocenters. The molecule has 0 saturated carbocycles. The maximum Gasteiger partial charge on any atom is 0.239 e. The minimum Gasteiger partial charge on any atom is -0.337 e. The molecule has 1 aliphatic rings. The van der Waals surface area contributed by atoms with Crippen molar-refractivity contribution in [3.8, 4) is 0 Å². The van der Waals surface area contributed by atoms with Crippen molar-refractivity contribution in [2.45, 2.75) is 59.2 Å². The number of rotatable bonds is 4. The molecule has 0 bridgehead atoms. The first-order chi connectivity index (χ1) is 7.82. The smallest absolute Gasteiger partial charge is 0.239 e. The quantitative estimate of drug-likeness (QED) is 0.790. The predicted octanol–water partition coefficient (Wildman–Crippen LogP) is 0.757. The van der Waals surface area contributed by atoms with Crippen LogP contribution in [0.1, 0.15) is 41.0 Å².